The molecular formula is C15H8Cl2N. The van der Waals surface area contributed by atoms with Gasteiger partial charge in [-0.25, -0.2) is 4.98 Å². The summed E-state index contributed by atoms with van der Waals surface area (Å²) in [5.74, 6) is 0. The van der Waals surface area contributed by atoms with Crippen LogP contribution in [-0.2, 0) is 0 Å². The number of hydrogen-bond acceptors (Lipinski definition) is 1. The zero-order chi connectivity index (χ0) is 12.5. The molecule has 1 nitrogen and oxygen atoms in total. The van der Waals surface area contributed by atoms with Crippen LogP contribution in [0.3, 0.4) is 0 Å². The molecular weight excluding hydrogens is 265 g/mol. The molecule has 3 heteroatoms. The maximum absolute atomic E-state index is 6.18. The molecule has 3 rings (SSSR count). The van der Waals surface area contributed by atoms with Crippen LogP contribution in [0.2, 0.25) is 10.0 Å². The van der Waals surface area contributed by atoms with Gasteiger partial charge in [0.15, 0.2) is 0 Å². The minimum Gasteiger partial charge on any atom is -0.248 e. The Bertz CT molecular complexity index is 702. The first kappa shape index (κ1) is 11.5. The Balaban J connectivity index is 2.26. The molecule has 1 radical (unpaired) electrons. The second kappa shape index (κ2) is 4.60. The van der Waals surface area contributed by atoms with E-state index >= 15 is 0 Å². The van der Waals surface area contributed by atoms with E-state index < -0.39 is 0 Å². The lowest BCUT2D eigenvalue weighted by Crippen LogP contribution is -1.87. The van der Waals surface area contributed by atoms with E-state index in [4.69, 9.17) is 23.2 Å². The number of nitrogens with zero attached hydrogens (tertiary/aromatic N) is 1. The number of hydrogen-bond donors (Lipinski definition) is 0. The molecule has 0 N–H and O–H groups in total. The third-order valence-electron chi connectivity index (χ3n) is 2.75. The van der Waals surface area contributed by atoms with E-state index in [1.165, 1.54) is 0 Å². The normalized spacial score (nSPS) is 10.8. The van der Waals surface area contributed by atoms with Crippen molar-refractivity contribution in [3.8, 4) is 11.3 Å². The molecule has 0 aliphatic carbocycles. The van der Waals surface area contributed by atoms with Crippen LogP contribution >= 0.6 is 23.2 Å². The lowest BCUT2D eigenvalue weighted by Gasteiger charge is -2.07. The molecule has 3 aromatic rings. The fourth-order valence-corrected chi connectivity index (χ4v) is 2.48. The summed E-state index contributed by atoms with van der Waals surface area (Å²) in [6.07, 6.45) is 0. The number of fused-ring (bicyclic) bond motifs is 1. The first-order chi connectivity index (χ1) is 8.75. The van der Waals surface area contributed by atoms with Crippen molar-refractivity contribution in [2.45, 2.75) is 0 Å². The molecule has 2 aromatic carbocycles. The predicted octanol–water partition coefficient (Wildman–Crippen LogP) is 5.01. The van der Waals surface area contributed by atoms with Crippen LogP contribution in [0.15, 0.2) is 48.5 Å². The molecule has 0 atom stereocenters. The summed E-state index contributed by atoms with van der Waals surface area (Å²) >= 11 is 12.4. The standard InChI is InChI=1S/C15H8Cl2N/c16-11-5-3-6-12(17)15(11)14-9-8-10-4-1-2-7-13(10)18-14/h2-9H. The van der Waals surface area contributed by atoms with E-state index in [1.54, 1.807) is 0 Å². The number of benzene rings is 2. The van der Waals surface area contributed by atoms with Gasteiger partial charge in [0.2, 0.25) is 0 Å². The maximum Gasteiger partial charge on any atom is 0.0739 e. The van der Waals surface area contributed by atoms with E-state index in [1.807, 2.05) is 48.5 Å². The van der Waals surface area contributed by atoms with Gasteiger partial charge in [0.05, 0.1) is 21.3 Å². The average Bonchev–Trinajstić information content (AvgIpc) is 2.38. The van der Waals surface area contributed by atoms with Gasteiger partial charge in [0.25, 0.3) is 0 Å². The Kier molecular flexibility index (Phi) is 2.94. The maximum atomic E-state index is 6.18. The zero-order valence-electron chi connectivity index (χ0n) is 9.32. The van der Waals surface area contributed by atoms with Crippen LogP contribution < -0.4 is 0 Å². The predicted molar refractivity (Wildman–Crippen MR) is 76.0 cm³/mol. The van der Waals surface area contributed by atoms with E-state index in [0.717, 1.165) is 22.2 Å². The summed E-state index contributed by atoms with van der Waals surface area (Å²) in [6, 6.07) is 18.1. The molecule has 0 aliphatic heterocycles. The van der Waals surface area contributed by atoms with Crippen molar-refractivity contribution in [1.29, 1.82) is 0 Å². The molecule has 0 unspecified atom stereocenters. The highest BCUT2D eigenvalue weighted by atomic mass is 35.5. The monoisotopic (exact) mass is 272 g/mol. The van der Waals surface area contributed by atoms with Gasteiger partial charge in [-0.15, -0.1) is 0 Å². The Morgan fingerprint density at radius 2 is 1.72 bits per heavy atom. The Morgan fingerprint density at radius 1 is 0.944 bits per heavy atom. The summed E-state index contributed by atoms with van der Waals surface area (Å²) in [5, 5.41) is 2.26. The topological polar surface area (TPSA) is 12.9 Å². The van der Waals surface area contributed by atoms with Crippen LogP contribution in [0.5, 0.6) is 0 Å². The van der Waals surface area contributed by atoms with Gasteiger partial charge in [-0.1, -0.05) is 41.4 Å². The largest absolute Gasteiger partial charge is 0.248 e. The summed E-state index contributed by atoms with van der Waals surface area (Å²) in [6.45, 7) is 0. The van der Waals surface area contributed by atoms with Crippen LogP contribution in [0, 0.1) is 6.07 Å². The van der Waals surface area contributed by atoms with Crippen molar-refractivity contribution in [2.24, 2.45) is 0 Å². The summed E-state index contributed by atoms with van der Waals surface area (Å²) in [4.78, 5) is 4.58. The van der Waals surface area contributed by atoms with E-state index in [0.29, 0.717) is 10.0 Å². The number of pyridine rings is 1. The lowest BCUT2D eigenvalue weighted by atomic mass is 10.1. The molecule has 0 saturated heterocycles. The third-order valence-corrected chi connectivity index (χ3v) is 3.38. The van der Waals surface area contributed by atoms with Crippen molar-refractivity contribution in [3.63, 3.8) is 0 Å². The highest BCUT2D eigenvalue weighted by Crippen LogP contribution is 2.34. The van der Waals surface area contributed by atoms with Crippen LogP contribution in [0.1, 0.15) is 0 Å². The summed E-state index contributed by atoms with van der Waals surface area (Å²) < 4.78 is 0. The van der Waals surface area contributed by atoms with Crippen molar-refractivity contribution in [3.05, 3.63) is 64.6 Å². The molecule has 0 amide bonds. The van der Waals surface area contributed by atoms with E-state index in [2.05, 4.69) is 11.1 Å². The molecule has 0 saturated carbocycles. The molecule has 0 fully saturated rings. The fourth-order valence-electron chi connectivity index (χ4n) is 1.89. The minimum atomic E-state index is 0.608. The van der Waals surface area contributed by atoms with Gasteiger partial charge < -0.3 is 0 Å². The number of halogens is 2. The molecule has 87 valence electrons. The number of aromatic nitrogens is 1. The van der Waals surface area contributed by atoms with Crippen LogP contribution in [0.25, 0.3) is 22.2 Å². The zero-order valence-corrected chi connectivity index (χ0v) is 10.8. The van der Waals surface area contributed by atoms with Crippen LogP contribution in [0.4, 0.5) is 0 Å². The quantitative estimate of drug-likeness (QED) is 0.607. The van der Waals surface area contributed by atoms with Gasteiger partial charge in [-0.3, -0.25) is 0 Å². The second-order valence-corrected chi connectivity index (χ2v) is 4.73. The highest BCUT2D eigenvalue weighted by Gasteiger charge is 2.09. The van der Waals surface area contributed by atoms with Gasteiger partial charge >= 0.3 is 0 Å². The van der Waals surface area contributed by atoms with Gasteiger partial charge in [0, 0.05) is 10.9 Å². The number of rotatable bonds is 1. The molecule has 0 aliphatic rings. The molecule has 18 heavy (non-hydrogen) atoms. The highest BCUT2D eigenvalue weighted by molar-refractivity contribution is 6.39. The molecule has 1 aromatic heterocycles. The Labute approximate surface area is 115 Å². The first-order valence-corrected chi connectivity index (χ1v) is 6.22. The van der Waals surface area contributed by atoms with Crippen LogP contribution in [-0.4, -0.2) is 4.98 Å². The average molecular weight is 273 g/mol. The van der Waals surface area contributed by atoms with Gasteiger partial charge in [-0.2, -0.15) is 0 Å². The first-order valence-electron chi connectivity index (χ1n) is 5.47. The smallest absolute Gasteiger partial charge is 0.0739 e. The van der Waals surface area contributed by atoms with Crippen molar-refractivity contribution < 1.29 is 0 Å². The second-order valence-electron chi connectivity index (χ2n) is 3.91. The molecule has 1 heterocycles. The van der Waals surface area contributed by atoms with E-state index in [9.17, 15) is 0 Å². The Hall–Kier alpha value is -1.57. The van der Waals surface area contributed by atoms with E-state index in [-0.39, 0.29) is 0 Å². The Morgan fingerprint density at radius 3 is 2.50 bits per heavy atom. The minimum absolute atomic E-state index is 0.608. The van der Waals surface area contributed by atoms with Gasteiger partial charge in [0.1, 0.15) is 0 Å². The fraction of sp³-hybridized carbons (Fsp3) is 0. The summed E-state index contributed by atoms with van der Waals surface area (Å²) in [5.41, 5.74) is 2.46. The van der Waals surface area contributed by atoms with Crippen molar-refractivity contribution in [2.75, 3.05) is 0 Å². The third kappa shape index (κ3) is 1.96. The summed E-state index contributed by atoms with van der Waals surface area (Å²) in [7, 11) is 0. The van der Waals surface area contributed by atoms with Crippen molar-refractivity contribution >= 4 is 34.1 Å². The molecule has 0 spiro atoms. The van der Waals surface area contributed by atoms with Crippen molar-refractivity contribution in [1.82, 2.24) is 4.98 Å². The SMILES string of the molecule is Clc1cccc(Cl)c1-c1ccc2c[c]ccc2n1. The van der Waals surface area contributed by atoms with Gasteiger partial charge in [-0.05, 0) is 36.4 Å². The molecule has 0 bridgehead atoms. The lowest BCUT2D eigenvalue weighted by molar-refractivity contribution is 1.40.